The van der Waals surface area contributed by atoms with E-state index in [1.54, 1.807) is 11.4 Å². The summed E-state index contributed by atoms with van der Waals surface area (Å²) in [6.07, 6.45) is 2.37. The molecule has 174 valence electrons. The van der Waals surface area contributed by atoms with E-state index < -0.39 is 15.8 Å². The summed E-state index contributed by atoms with van der Waals surface area (Å²) in [4.78, 5) is 15.8. The molecule has 2 aromatic carbocycles. The number of benzene rings is 2. The molecule has 33 heavy (non-hydrogen) atoms. The Morgan fingerprint density at radius 1 is 1.15 bits per heavy atom. The van der Waals surface area contributed by atoms with Gasteiger partial charge in [0.25, 0.3) is 10.0 Å². The minimum Gasteiger partial charge on any atom is -0.370 e. The van der Waals surface area contributed by atoms with Crippen LogP contribution in [0.15, 0.2) is 46.7 Å². The van der Waals surface area contributed by atoms with Gasteiger partial charge < -0.3 is 4.90 Å². The largest absolute Gasteiger partial charge is 0.370 e. The van der Waals surface area contributed by atoms with Crippen LogP contribution in [0.5, 0.6) is 0 Å². The van der Waals surface area contributed by atoms with E-state index in [1.807, 2.05) is 19.9 Å². The number of hydrogen-bond donors (Lipinski definition) is 1. The number of rotatable bonds is 7. The Morgan fingerprint density at radius 2 is 1.82 bits per heavy atom. The van der Waals surface area contributed by atoms with E-state index in [2.05, 4.69) is 9.62 Å². The number of carbonyl (C=O) groups excluding carboxylic acids is 1. The van der Waals surface area contributed by atoms with Gasteiger partial charge in [0.2, 0.25) is 0 Å². The highest BCUT2D eigenvalue weighted by atomic mass is 35.5. The van der Waals surface area contributed by atoms with Crippen LogP contribution in [0.2, 0.25) is 5.02 Å². The third-order valence-electron chi connectivity index (χ3n) is 5.90. The van der Waals surface area contributed by atoms with Gasteiger partial charge in [-0.3, -0.25) is 9.52 Å². The third-order valence-corrected chi connectivity index (χ3v) is 8.52. The highest BCUT2D eigenvalue weighted by Gasteiger charge is 2.24. The van der Waals surface area contributed by atoms with Gasteiger partial charge in [0.15, 0.2) is 5.78 Å². The highest BCUT2D eigenvalue weighted by Crippen LogP contribution is 2.37. The Bertz CT molecular complexity index is 1300. The van der Waals surface area contributed by atoms with Crippen LogP contribution in [0.4, 0.5) is 15.8 Å². The van der Waals surface area contributed by atoms with Crippen LogP contribution in [0.3, 0.4) is 0 Å². The van der Waals surface area contributed by atoms with E-state index in [-0.39, 0.29) is 22.8 Å². The molecule has 1 aliphatic heterocycles. The molecular formula is C24H24ClFN2O3S2. The third kappa shape index (κ3) is 4.93. The molecule has 0 radical (unpaired) electrons. The maximum absolute atomic E-state index is 13.3. The summed E-state index contributed by atoms with van der Waals surface area (Å²) in [5.41, 5.74) is 4.02. The molecule has 1 N–H and O–H groups in total. The fourth-order valence-corrected chi connectivity index (χ4v) is 6.58. The molecule has 0 spiro atoms. The van der Waals surface area contributed by atoms with Crippen LogP contribution in [-0.4, -0.2) is 27.3 Å². The summed E-state index contributed by atoms with van der Waals surface area (Å²) in [5, 5.41) is 2.36. The Kier molecular flexibility index (Phi) is 6.79. The second-order valence-corrected chi connectivity index (χ2v) is 11.2. The number of carbonyl (C=O) groups is 1. The highest BCUT2D eigenvalue weighted by molar-refractivity contribution is 7.92. The van der Waals surface area contributed by atoms with Crippen molar-refractivity contribution in [1.29, 1.82) is 0 Å². The molecule has 2 heterocycles. The van der Waals surface area contributed by atoms with Gasteiger partial charge >= 0.3 is 0 Å². The summed E-state index contributed by atoms with van der Waals surface area (Å²) >= 11 is 7.75. The normalized spacial score (nSPS) is 14.0. The lowest BCUT2D eigenvalue weighted by Gasteiger charge is -2.24. The van der Waals surface area contributed by atoms with Crippen LogP contribution in [-0.2, 0) is 16.4 Å². The van der Waals surface area contributed by atoms with Crippen molar-refractivity contribution in [3.05, 3.63) is 74.2 Å². The van der Waals surface area contributed by atoms with Crippen molar-refractivity contribution in [1.82, 2.24) is 0 Å². The van der Waals surface area contributed by atoms with Gasteiger partial charge in [0, 0.05) is 19.5 Å². The number of nitrogens with one attached hydrogen (secondary N) is 1. The Hall–Kier alpha value is -2.42. The summed E-state index contributed by atoms with van der Waals surface area (Å²) < 4.78 is 41.1. The van der Waals surface area contributed by atoms with Crippen molar-refractivity contribution in [2.24, 2.45) is 0 Å². The second kappa shape index (κ2) is 9.44. The average Bonchev–Trinajstić information content (AvgIpc) is 3.43. The SMILES string of the molecule is Cc1cc(Cl)c(N2CCCC2)c(C)c1CC(=O)c1sccc1NS(=O)(=O)c1ccc(F)cc1. The van der Waals surface area contributed by atoms with Gasteiger partial charge in [-0.05, 0) is 85.2 Å². The van der Waals surface area contributed by atoms with Crippen molar-refractivity contribution in [2.75, 3.05) is 22.7 Å². The number of nitrogens with zero attached hydrogens (tertiary/aromatic N) is 1. The fourth-order valence-electron chi connectivity index (χ4n) is 4.23. The van der Waals surface area contributed by atoms with E-state index in [1.165, 1.54) is 23.5 Å². The zero-order valence-corrected chi connectivity index (χ0v) is 20.7. The maximum atomic E-state index is 13.3. The van der Waals surface area contributed by atoms with Gasteiger partial charge in [0.05, 0.1) is 26.2 Å². The smallest absolute Gasteiger partial charge is 0.261 e. The first kappa shape index (κ1) is 23.7. The minimum atomic E-state index is -3.95. The molecular weight excluding hydrogens is 483 g/mol. The van der Waals surface area contributed by atoms with Crippen LogP contribution >= 0.6 is 22.9 Å². The zero-order valence-electron chi connectivity index (χ0n) is 18.3. The molecule has 1 saturated heterocycles. The quantitative estimate of drug-likeness (QED) is 0.400. The Labute approximate surface area is 202 Å². The van der Waals surface area contributed by atoms with Gasteiger partial charge in [-0.2, -0.15) is 0 Å². The molecule has 1 aliphatic rings. The van der Waals surface area contributed by atoms with E-state index in [0.29, 0.717) is 9.90 Å². The first-order valence-corrected chi connectivity index (χ1v) is 13.3. The van der Waals surface area contributed by atoms with Crippen molar-refractivity contribution in [2.45, 2.75) is 38.0 Å². The number of hydrogen-bond acceptors (Lipinski definition) is 5. The first-order chi connectivity index (χ1) is 15.7. The molecule has 3 aromatic rings. The van der Waals surface area contributed by atoms with Gasteiger partial charge in [-0.15, -0.1) is 11.3 Å². The molecule has 5 nitrogen and oxygen atoms in total. The van der Waals surface area contributed by atoms with E-state index >= 15 is 0 Å². The summed E-state index contributed by atoms with van der Waals surface area (Å²) in [7, 11) is -3.95. The average molecular weight is 507 g/mol. The zero-order chi connectivity index (χ0) is 23.8. The standard InChI is InChI=1S/C24H24ClFN2O3S2/c1-15-13-20(25)23(28-10-3-4-11-28)16(2)19(15)14-22(29)24-21(9-12-32-24)27-33(30,31)18-7-5-17(26)6-8-18/h5-9,12-13,27H,3-4,10-11,14H2,1-2H3. The van der Waals surface area contributed by atoms with Crippen molar-refractivity contribution in [3.8, 4) is 0 Å². The van der Waals surface area contributed by atoms with E-state index in [4.69, 9.17) is 11.6 Å². The predicted molar refractivity (Wildman–Crippen MR) is 132 cm³/mol. The number of Topliss-reactive ketones (excluding diaryl/α,β-unsaturated/α-hetero) is 1. The van der Waals surface area contributed by atoms with E-state index in [9.17, 15) is 17.6 Å². The van der Waals surface area contributed by atoms with Gasteiger partial charge in [0.1, 0.15) is 5.82 Å². The lowest BCUT2D eigenvalue weighted by Crippen LogP contribution is -2.20. The molecule has 1 aromatic heterocycles. The van der Waals surface area contributed by atoms with Crippen LogP contribution < -0.4 is 9.62 Å². The monoisotopic (exact) mass is 506 g/mol. The molecule has 0 atom stereocenters. The van der Waals surface area contributed by atoms with Crippen molar-refractivity contribution in [3.63, 3.8) is 0 Å². The van der Waals surface area contributed by atoms with Crippen LogP contribution in [0, 0.1) is 19.7 Å². The summed E-state index contributed by atoms with van der Waals surface area (Å²) in [5.74, 6) is -0.704. The lowest BCUT2D eigenvalue weighted by molar-refractivity contribution is 0.0997. The number of anilines is 2. The van der Waals surface area contributed by atoms with Crippen molar-refractivity contribution < 1.29 is 17.6 Å². The molecule has 0 amide bonds. The summed E-state index contributed by atoms with van der Waals surface area (Å²) in [6, 6.07) is 8.00. The minimum absolute atomic E-state index is 0.0758. The molecule has 4 rings (SSSR count). The Balaban J connectivity index is 1.60. The molecule has 0 bridgehead atoms. The van der Waals surface area contributed by atoms with Gasteiger partial charge in [-0.1, -0.05) is 11.6 Å². The topological polar surface area (TPSA) is 66.5 Å². The second-order valence-electron chi connectivity index (χ2n) is 8.14. The van der Waals surface area contributed by atoms with Crippen LogP contribution in [0.25, 0.3) is 0 Å². The fraction of sp³-hybridized carbons (Fsp3) is 0.292. The number of sulfonamides is 1. The Morgan fingerprint density at radius 3 is 2.48 bits per heavy atom. The van der Waals surface area contributed by atoms with Crippen molar-refractivity contribution >= 4 is 50.1 Å². The molecule has 9 heteroatoms. The number of ketones is 1. The lowest BCUT2D eigenvalue weighted by atomic mass is 9.95. The van der Waals surface area contributed by atoms with Crippen LogP contribution in [0.1, 0.15) is 39.2 Å². The first-order valence-electron chi connectivity index (χ1n) is 10.6. The number of aryl methyl sites for hydroxylation is 1. The maximum Gasteiger partial charge on any atom is 0.261 e. The number of thiophene rings is 1. The van der Waals surface area contributed by atoms with Gasteiger partial charge in [-0.25, -0.2) is 12.8 Å². The molecule has 0 saturated carbocycles. The molecule has 0 unspecified atom stereocenters. The molecule has 0 aliphatic carbocycles. The predicted octanol–water partition coefficient (Wildman–Crippen LogP) is 5.98. The molecule has 1 fully saturated rings. The number of halogens is 2. The summed E-state index contributed by atoms with van der Waals surface area (Å²) in [6.45, 7) is 5.80. The van der Waals surface area contributed by atoms with E-state index in [0.717, 1.165) is 60.4 Å².